The van der Waals surface area contributed by atoms with Gasteiger partial charge in [0.2, 0.25) is 0 Å². The number of H-pyrrole nitrogens is 1. The van der Waals surface area contributed by atoms with Crippen molar-refractivity contribution in [3.05, 3.63) is 65.9 Å². The molecule has 1 aromatic heterocycles. The molecular formula is C18H17N5O2. The molecule has 0 aliphatic carbocycles. The fourth-order valence-electron chi connectivity index (χ4n) is 2.24. The minimum absolute atomic E-state index is 0.314. The van der Waals surface area contributed by atoms with Gasteiger partial charge in [0.15, 0.2) is 0 Å². The fourth-order valence-corrected chi connectivity index (χ4v) is 2.24. The molecule has 25 heavy (non-hydrogen) atoms. The zero-order valence-corrected chi connectivity index (χ0v) is 13.6. The highest BCUT2D eigenvalue weighted by molar-refractivity contribution is 5.95. The highest BCUT2D eigenvalue weighted by Gasteiger charge is 2.07. The van der Waals surface area contributed by atoms with Crippen molar-refractivity contribution < 1.29 is 9.53 Å². The number of rotatable bonds is 5. The Balaban J connectivity index is 1.71. The van der Waals surface area contributed by atoms with E-state index in [0.29, 0.717) is 11.3 Å². The third-order valence-electron chi connectivity index (χ3n) is 3.59. The first kappa shape index (κ1) is 16.3. The molecule has 0 spiro atoms. The maximum Gasteiger partial charge on any atom is 0.271 e. The molecule has 0 radical (unpaired) electrons. The van der Waals surface area contributed by atoms with Gasteiger partial charge >= 0.3 is 0 Å². The SMILES string of the molecule is COc1ccc(-c2[nH]ncc2/C=N\NC(=O)c2ccc(N)cc2)cc1. The van der Waals surface area contributed by atoms with Crippen molar-refractivity contribution in [3.8, 4) is 17.0 Å². The quantitative estimate of drug-likeness (QED) is 0.378. The van der Waals surface area contributed by atoms with Crippen molar-refractivity contribution in [1.82, 2.24) is 15.6 Å². The van der Waals surface area contributed by atoms with Crippen LogP contribution in [0, 0.1) is 0 Å². The summed E-state index contributed by atoms with van der Waals surface area (Å²) in [6.45, 7) is 0. The van der Waals surface area contributed by atoms with Crippen molar-refractivity contribution in [2.45, 2.75) is 0 Å². The Kier molecular flexibility index (Phi) is 4.75. The van der Waals surface area contributed by atoms with Gasteiger partial charge in [0, 0.05) is 22.4 Å². The Labute approximate surface area is 144 Å². The number of carbonyl (C=O) groups is 1. The van der Waals surface area contributed by atoms with Crippen LogP contribution in [0.3, 0.4) is 0 Å². The van der Waals surface area contributed by atoms with E-state index in [1.165, 1.54) is 6.21 Å². The number of aromatic nitrogens is 2. The number of hydrogen-bond acceptors (Lipinski definition) is 5. The molecule has 0 saturated carbocycles. The summed E-state index contributed by atoms with van der Waals surface area (Å²) in [6, 6.07) is 14.2. The Morgan fingerprint density at radius 1 is 1.20 bits per heavy atom. The molecular weight excluding hydrogens is 318 g/mol. The van der Waals surface area contributed by atoms with Gasteiger partial charge in [-0.25, -0.2) is 5.43 Å². The van der Waals surface area contributed by atoms with Crippen molar-refractivity contribution in [1.29, 1.82) is 0 Å². The van der Waals surface area contributed by atoms with Crippen molar-refractivity contribution in [3.63, 3.8) is 0 Å². The van der Waals surface area contributed by atoms with E-state index in [4.69, 9.17) is 10.5 Å². The van der Waals surface area contributed by atoms with Gasteiger partial charge in [-0.1, -0.05) is 0 Å². The minimum Gasteiger partial charge on any atom is -0.497 e. The lowest BCUT2D eigenvalue weighted by atomic mass is 10.1. The zero-order valence-electron chi connectivity index (χ0n) is 13.6. The third-order valence-corrected chi connectivity index (χ3v) is 3.59. The monoisotopic (exact) mass is 335 g/mol. The van der Waals surface area contributed by atoms with Gasteiger partial charge in [0.25, 0.3) is 5.91 Å². The second-order valence-electron chi connectivity index (χ2n) is 5.25. The van der Waals surface area contributed by atoms with E-state index in [9.17, 15) is 4.79 Å². The Hall–Kier alpha value is -3.61. The number of aromatic amines is 1. The smallest absolute Gasteiger partial charge is 0.271 e. The first-order chi connectivity index (χ1) is 12.2. The normalized spacial score (nSPS) is 10.8. The van der Waals surface area contributed by atoms with Crippen molar-refractivity contribution >= 4 is 17.8 Å². The number of hydrazone groups is 1. The molecule has 4 N–H and O–H groups in total. The van der Waals surface area contributed by atoms with Gasteiger partial charge in [-0.3, -0.25) is 9.89 Å². The molecule has 1 heterocycles. The molecule has 1 amide bonds. The number of methoxy groups -OCH3 is 1. The number of ether oxygens (including phenoxy) is 1. The van der Waals surface area contributed by atoms with Crippen LogP contribution in [0.1, 0.15) is 15.9 Å². The number of carbonyl (C=O) groups excluding carboxylic acids is 1. The maximum absolute atomic E-state index is 12.0. The van der Waals surface area contributed by atoms with E-state index in [1.54, 1.807) is 37.6 Å². The number of benzene rings is 2. The van der Waals surface area contributed by atoms with E-state index in [-0.39, 0.29) is 5.91 Å². The second-order valence-corrected chi connectivity index (χ2v) is 5.25. The van der Waals surface area contributed by atoms with Crippen LogP contribution in [-0.4, -0.2) is 29.4 Å². The van der Waals surface area contributed by atoms with Gasteiger partial charge in [-0.15, -0.1) is 0 Å². The summed E-state index contributed by atoms with van der Waals surface area (Å²) in [5, 5.41) is 11.0. The van der Waals surface area contributed by atoms with Gasteiger partial charge < -0.3 is 10.5 Å². The molecule has 3 rings (SSSR count). The number of nitrogens with two attached hydrogens (primary N) is 1. The molecule has 7 nitrogen and oxygen atoms in total. The van der Waals surface area contributed by atoms with E-state index < -0.39 is 0 Å². The molecule has 0 aliphatic rings. The lowest BCUT2D eigenvalue weighted by molar-refractivity contribution is 0.0955. The zero-order chi connectivity index (χ0) is 17.6. The summed E-state index contributed by atoms with van der Waals surface area (Å²) < 4.78 is 5.15. The van der Waals surface area contributed by atoms with E-state index in [1.807, 2.05) is 24.3 Å². The molecule has 0 saturated heterocycles. The van der Waals surface area contributed by atoms with Gasteiger partial charge in [0.1, 0.15) is 5.75 Å². The number of nitrogens with zero attached hydrogens (tertiary/aromatic N) is 2. The van der Waals surface area contributed by atoms with Crippen LogP contribution in [0.4, 0.5) is 5.69 Å². The second kappa shape index (κ2) is 7.31. The first-order valence-corrected chi connectivity index (χ1v) is 7.54. The average Bonchev–Trinajstić information content (AvgIpc) is 3.11. The predicted molar refractivity (Wildman–Crippen MR) is 96.5 cm³/mol. The highest BCUT2D eigenvalue weighted by Crippen LogP contribution is 2.22. The molecule has 3 aromatic rings. The number of anilines is 1. The van der Waals surface area contributed by atoms with Gasteiger partial charge in [-0.05, 0) is 48.5 Å². The van der Waals surface area contributed by atoms with Crippen molar-refractivity contribution in [2.75, 3.05) is 12.8 Å². The van der Waals surface area contributed by atoms with Crippen LogP contribution in [0.25, 0.3) is 11.3 Å². The molecule has 0 aliphatic heterocycles. The minimum atomic E-state index is -0.314. The third kappa shape index (κ3) is 3.84. The summed E-state index contributed by atoms with van der Waals surface area (Å²) >= 11 is 0. The molecule has 0 fully saturated rings. The van der Waals surface area contributed by atoms with Gasteiger partial charge in [0.05, 0.1) is 25.2 Å². The number of hydrogen-bond donors (Lipinski definition) is 3. The Bertz CT molecular complexity index is 883. The molecule has 2 aromatic carbocycles. The summed E-state index contributed by atoms with van der Waals surface area (Å²) in [5.41, 5.74) is 11.6. The largest absolute Gasteiger partial charge is 0.497 e. The van der Waals surface area contributed by atoms with E-state index in [2.05, 4.69) is 20.7 Å². The predicted octanol–water partition coefficient (Wildman–Crippen LogP) is 2.43. The molecule has 7 heteroatoms. The molecule has 0 bridgehead atoms. The lowest BCUT2D eigenvalue weighted by Gasteiger charge is -2.03. The molecule has 0 unspecified atom stereocenters. The Morgan fingerprint density at radius 3 is 2.60 bits per heavy atom. The number of amides is 1. The van der Waals surface area contributed by atoms with E-state index >= 15 is 0 Å². The standard InChI is InChI=1S/C18H17N5O2/c1-25-16-8-4-12(5-9-16)17-14(10-20-22-17)11-21-23-18(24)13-2-6-15(19)7-3-13/h2-11H,19H2,1H3,(H,20,22)(H,23,24)/b21-11-. The van der Waals surface area contributed by atoms with Crippen molar-refractivity contribution in [2.24, 2.45) is 5.10 Å². The van der Waals surface area contributed by atoms with Crippen LogP contribution < -0.4 is 15.9 Å². The summed E-state index contributed by atoms with van der Waals surface area (Å²) in [4.78, 5) is 12.0. The summed E-state index contributed by atoms with van der Waals surface area (Å²) in [7, 11) is 1.62. The summed E-state index contributed by atoms with van der Waals surface area (Å²) in [5.74, 6) is 0.458. The fraction of sp³-hybridized carbons (Fsp3) is 0.0556. The van der Waals surface area contributed by atoms with Crippen LogP contribution in [0.5, 0.6) is 5.75 Å². The molecule has 0 atom stereocenters. The lowest BCUT2D eigenvalue weighted by Crippen LogP contribution is -2.17. The van der Waals surface area contributed by atoms with Crippen LogP contribution in [0.2, 0.25) is 0 Å². The van der Waals surface area contributed by atoms with Gasteiger partial charge in [-0.2, -0.15) is 10.2 Å². The first-order valence-electron chi connectivity index (χ1n) is 7.54. The number of nitrogen functional groups attached to an aromatic ring is 1. The Morgan fingerprint density at radius 2 is 1.92 bits per heavy atom. The summed E-state index contributed by atoms with van der Waals surface area (Å²) in [6.07, 6.45) is 3.18. The van der Waals surface area contributed by atoms with Crippen LogP contribution in [0.15, 0.2) is 59.8 Å². The topological polar surface area (TPSA) is 105 Å². The average molecular weight is 335 g/mol. The van der Waals surface area contributed by atoms with Crippen LogP contribution >= 0.6 is 0 Å². The van der Waals surface area contributed by atoms with E-state index in [0.717, 1.165) is 22.6 Å². The highest BCUT2D eigenvalue weighted by atomic mass is 16.5. The maximum atomic E-state index is 12.0. The molecule has 126 valence electrons. The number of nitrogens with one attached hydrogen (secondary N) is 2. The van der Waals surface area contributed by atoms with Crippen LogP contribution in [-0.2, 0) is 0 Å².